The third-order valence-corrected chi connectivity index (χ3v) is 2.59. The monoisotopic (exact) mass is 179 g/mol. The van der Waals surface area contributed by atoms with Crippen LogP contribution < -0.4 is 5.32 Å². The lowest BCUT2D eigenvalue weighted by molar-refractivity contribution is 0.825. The first-order valence-electron chi connectivity index (χ1n) is 4.25. The van der Waals surface area contributed by atoms with Crippen molar-refractivity contribution in [2.75, 3.05) is 0 Å². The molecule has 63 valence electrons. The van der Waals surface area contributed by atoms with E-state index in [1.807, 2.05) is 0 Å². The Hall–Kier alpha value is -0.830. The summed E-state index contributed by atoms with van der Waals surface area (Å²) in [4.78, 5) is 4.41. The zero-order valence-electron chi connectivity index (χ0n) is 7.08. The summed E-state index contributed by atoms with van der Waals surface area (Å²) < 4.78 is 0. The van der Waals surface area contributed by atoms with Crippen molar-refractivity contribution in [3.05, 3.63) is 10.8 Å². The lowest BCUT2D eigenvalue weighted by Gasteiger charge is -1.96. The standard InChI is InChI=1S/C9H11N2S/c1-2-3-4-9-10-7-5-12-6-8(7)11-9/h5-6H,2-4H2,1H3. The molecule has 3 heteroatoms. The molecule has 1 aliphatic rings. The minimum Gasteiger partial charge on any atom is -0.230 e. The van der Waals surface area contributed by atoms with E-state index in [9.17, 15) is 0 Å². The number of thiophene rings is 1. The summed E-state index contributed by atoms with van der Waals surface area (Å²) in [5.74, 6) is 1.01. The van der Waals surface area contributed by atoms with Crippen molar-refractivity contribution < 1.29 is 0 Å². The Bertz CT molecular complexity index is 301. The summed E-state index contributed by atoms with van der Waals surface area (Å²) in [5, 5.41) is 8.52. The molecule has 0 fully saturated rings. The van der Waals surface area contributed by atoms with E-state index in [1.165, 1.54) is 12.8 Å². The summed E-state index contributed by atoms with van der Waals surface area (Å²) in [6.45, 7) is 2.19. The highest BCUT2D eigenvalue weighted by Gasteiger charge is 2.15. The van der Waals surface area contributed by atoms with E-state index < -0.39 is 0 Å². The van der Waals surface area contributed by atoms with Crippen LogP contribution in [0.25, 0.3) is 0 Å². The first-order valence-corrected chi connectivity index (χ1v) is 5.20. The number of hydrogen-bond donors (Lipinski definition) is 0. The van der Waals surface area contributed by atoms with Crippen LogP contribution in [0.3, 0.4) is 0 Å². The van der Waals surface area contributed by atoms with Crippen LogP contribution in [0.2, 0.25) is 0 Å². The third-order valence-electron chi connectivity index (χ3n) is 1.87. The zero-order chi connectivity index (χ0) is 8.39. The van der Waals surface area contributed by atoms with Gasteiger partial charge in [-0.25, -0.2) is 10.3 Å². The van der Waals surface area contributed by atoms with E-state index in [-0.39, 0.29) is 0 Å². The predicted molar refractivity (Wildman–Crippen MR) is 52.7 cm³/mol. The van der Waals surface area contributed by atoms with Crippen molar-refractivity contribution in [1.29, 1.82) is 0 Å². The number of nitrogens with zero attached hydrogens (tertiary/aromatic N) is 2. The average molecular weight is 179 g/mol. The predicted octanol–water partition coefficient (Wildman–Crippen LogP) is 3.22. The van der Waals surface area contributed by atoms with Crippen molar-refractivity contribution in [3.8, 4) is 0 Å². The summed E-state index contributed by atoms with van der Waals surface area (Å²) in [6, 6.07) is 0. The second kappa shape index (κ2) is 3.27. The first kappa shape index (κ1) is 7.80. The lowest BCUT2D eigenvalue weighted by atomic mass is 10.2. The van der Waals surface area contributed by atoms with Gasteiger partial charge in [0.1, 0.15) is 17.2 Å². The summed E-state index contributed by atoms with van der Waals surface area (Å²) >= 11 is 1.67. The van der Waals surface area contributed by atoms with Crippen LogP contribution in [0.4, 0.5) is 11.4 Å². The minimum atomic E-state index is 1.01. The first-order chi connectivity index (χ1) is 5.90. The van der Waals surface area contributed by atoms with Gasteiger partial charge in [-0.2, -0.15) is 0 Å². The van der Waals surface area contributed by atoms with Gasteiger partial charge in [0.15, 0.2) is 0 Å². The maximum atomic E-state index is 4.41. The summed E-state index contributed by atoms with van der Waals surface area (Å²) in [5.41, 5.74) is 2.12. The molecule has 1 aromatic rings. The molecule has 0 atom stereocenters. The van der Waals surface area contributed by atoms with E-state index in [0.29, 0.717) is 0 Å². The zero-order valence-corrected chi connectivity index (χ0v) is 7.90. The highest BCUT2D eigenvalue weighted by molar-refractivity contribution is 7.08. The molecule has 12 heavy (non-hydrogen) atoms. The molecule has 0 aromatic carbocycles. The van der Waals surface area contributed by atoms with Gasteiger partial charge in [0.2, 0.25) is 0 Å². The van der Waals surface area contributed by atoms with Crippen molar-refractivity contribution in [3.63, 3.8) is 0 Å². The van der Waals surface area contributed by atoms with E-state index in [2.05, 4.69) is 28.0 Å². The Balaban J connectivity index is 2.02. The van der Waals surface area contributed by atoms with Gasteiger partial charge in [0, 0.05) is 17.2 Å². The molecule has 0 spiro atoms. The van der Waals surface area contributed by atoms with Crippen molar-refractivity contribution in [1.82, 2.24) is 5.32 Å². The topological polar surface area (TPSA) is 26.5 Å². The molecule has 0 unspecified atom stereocenters. The molecule has 0 saturated carbocycles. The fourth-order valence-electron chi connectivity index (χ4n) is 1.20. The Labute approximate surface area is 76.3 Å². The van der Waals surface area contributed by atoms with Crippen LogP contribution in [0, 0.1) is 0 Å². The molecule has 0 aliphatic carbocycles. The number of unbranched alkanes of at least 4 members (excludes halogenated alkanes) is 1. The van der Waals surface area contributed by atoms with Gasteiger partial charge in [-0.15, -0.1) is 11.3 Å². The molecule has 2 rings (SSSR count). The van der Waals surface area contributed by atoms with E-state index in [0.717, 1.165) is 23.6 Å². The van der Waals surface area contributed by atoms with Gasteiger partial charge in [0.05, 0.1) is 0 Å². The highest BCUT2D eigenvalue weighted by Crippen LogP contribution is 2.34. The Kier molecular flexibility index (Phi) is 2.13. The summed E-state index contributed by atoms with van der Waals surface area (Å²) in [6.07, 6.45) is 3.42. The SMILES string of the molecule is CCCCC1=Nc2cscc2[N]1. The third kappa shape index (κ3) is 1.37. The van der Waals surface area contributed by atoms with Crippen molar-refractivity contribution in [2.24, 2.45) is 4.99 Å². The van der Waals surface area contributed by atoms with Gasteiger partial charge in [-0.05, 0) is 6.42 Å². The molecule has 1 aliphatic heterocycles. The highest BCUT2D eigenvalue weighted by atomic mass is 32.1. The fraction of sp³-hybridized carbons (Fsp3) is 0.444. The van der Waals surface area contributed by atoms with Crippen LogP contribution in [0.15, 0.2) is 15.8 Å². The molecular weight excluding hydrogens is 168 g/mol. The molecule has 0 amide bonds. The Morgan fingerprint density at radius 2 is 2.17 bits per heavy atom. The van der Waals surface area contributed by atoms with E-state index in [4.69, 9.17) is 0 Å². The molecular formula is C9H11N2S. The molecule has 0 bridgehead atoms. The largest absolute Gasteiger partial charge is 0.230 e. The van der Waals surface area contributed by atoms with Gasteiger partial charge in [-0.1, -0.05) is 13.3 Å². The fourth-order valence-corrected chi connectivity index (χ4v) is 1.87. The second-order valence-electron chi connectivity index (χ2n) is 2.89. The molecule has 2 nitrogen and oxygen atoms in total. The van der Waals surface area contributed by atoms with Crippen LogP contribution in [0.1, 0.15) is 26.2 Å². The molecule has 1 radical (unpaired) electrons. The maximum absolute atomic E-state index is 4.41. The van der Waals surface area contributed by atoms with Crippen LogP contribution in [-0.2, 0) is 0 Å². The molecule has 0 N–H and O–H groups in total. The Morgan fingerprint density at radius 1 is 1.33 bits per heavy atom. The number of hydrogen-bond acceptors (Lipinski definition) is 2. The van der Waals surface area contributed by atoms with Crippen molar-refractivity contribution >= 4 is 28.5 Å². The minimum absolute atomic E-state index is 1.01. The van der Waals surface area contributed by atoms with Gasteiger partial charge in [-0.3, -0.25) is 0 Å². The second-order valence-corrected chi connectivity index (χ2v) is 3.63. The number of fused-ring (bicyclic) bond motifs is 1. The van der Waals surface area contributed by atoms with E-state index in [1.54, 1.807) is 11.3 Å². The molecule has 0 saturated heterocycles. The molecule has 2 heterocycles. The normalized spacial score (nSPS) is 13.9. The van der Waals surface area contributed by atoms with Crippen LogP contribution in [0.5, 0.6) is 0 Å². The number of rotatable bonds is 3. The summed E-state index contributed by atoms with van der Waals surface area (Å²) in [7, 11) is 0. The average Bonchev–Trinajstić information content (AvgIpc) is 2.58. The smallest absolute Gasteiger partial charge is 0.129 e. The van der Waals surface area contributed by atoms with E-state index >= 15 is 0 Å². The van der Waals surface area contributed by atoms with Crippen LogP contribution >= 0.6 is 11.3 Å². The Morgan fingerprint density at radius 3 is 2.92 bits per heavy atom. The van der Waals surface area contributed by atoms with Gasteiger partial charge in [0.25, 0.3) is 0 Å². The lowest BCUT2D eigenvalue weighted by Crippen LogP contribution is -2.05. The number of amidine groups is 1. The van der Waals surface area contributed by atoms with Gasteiger partial charge < -0.3 is 0 Å². The number of aliphatic imine (C=N–C) groups is 1. The molecule has 1 aromatic heterocycles. The van der Waals surface area contributed by atoms with Crippen molar-refractivity contribution in [2.45, 2.75) is 26.2 Å². The quantitative estimate of drug-likeness (QED) is 0.681. The van der Waals surface area contributed by atoms with Gasteiger partial charge >= 0.3 is 0 Å². The maximum Gasteiger partial charge on any atom is 0.129 e. The van der Waals surface area contributed by atoms with Crippen LogP contribution in [-0.4, -0.2) is 5.84 Å².